The van der Waals surface area contributed by atoms with Gasteiger partial charge in [-0.2, -0.15) is 0 Å². The van der Waals surface area contributed by atoms with E-state index in [1.165, 1.54) is 17.1 Å². The zero-order chi connectivity index (χ0) is 25.8. The molecule has 0 spiro atoms. The number of nitrogens with one attached hydrogen (secondary N) is 2. The fourth-order valence-electron chi connectivity index (χ4n) is 3.43. The summed E-state index contributed by atoms with van der Waals surface area (Å²) < 4.78 is 21.5. The van der Waals surface area contributed by atoms with E-state index in [1.54, 1.807) is 49.6 Å². The Kier molecular flexibility index (Phi) is 8.18. The van der Waals surface area contributed by atoms with Crippen molar-refractivity contribution in [2.75, 3.05) is 18.1 Å². The van der Waals surface area contributed by atoms with Crippen LogP contribution in [-0.4, -0.2) is 40.1 Å². The lowest BCUT2D eigenvalue weighted by atomic mass is 10.2. The number of alkyl carbamates (subject to hydrolysis) is 1. The van der Waals surface area contributed by atoms with Crippen LogP contribution >= 0.6 is 11.6 Å². The van der Waals surface area contributed by atoms with Gasteiger partial charge in [0.2, 0.25) is 0 Å². The second-order valence-corrected chi connectivity index (χ2v) is 9.36. The molecule has 2 amide bonds. The maximum absolute atomic E-state index is 14.7. The van der Waals surface area contributed by atoms with E-state index in [0.717, 1.165) is 0 Å². The lowest BCUT2D eigenvalue weighted by molar-refractivity contribution is 0.0529. The zero-order valence-corrected chi connectivity index (χ0v) is 20.9. The lowest BCUT2D eigenvalue weighted by Crippen LogP contribution is -2.41. The minimum Gasteiger partial charge on any atom is -0.444 e. The number of ether oxygens (including phenoxy) is 1. The van der Waals surface area contributed by atoms with E-state index < -0.39 is 17.5 Å². The van der Waals surface area contributed by atoms with Gasteiger partial charge in [-0.1, -0.05) is 24.6 Å². The van der Waals surface area contributed by atoms with Crippen LogP contribution in [0.3, 0.4) is 0 Å². The molecule has 11 heteroatoms. The molecular formula is C24H30ClFN6O3. The number of hydrogen-bond donors (Lipinski definition) is 3. The second-order valence-electron chi connectivity index (χ2n) is 8.93. The number of benzene rings is 1. The molecule has 3 aromatic rings. The van der Waals surface area contributed by atoms with E-state index in [4.69, 9.17) is 22.2 Å². The van der Waals surface area contributed by atoms with E-state index in [2.05, 4.69) is 15.6 Å². The highest BCUT2D eigenvalue weighted by molar-refractivity contribution is 6.30. The number of carbonyl (C=O) groups is 2. The lowest BCUT2D eigenvalue weighted by Gasteiger charge is -2.22. The number of anilines is 1. The van der Waals surface area contributed by atoms with E-state index >= 15 is 0 Å². The molecule has 3 rings (SSSR count). The van der Waals surface area contributed by atoms with Crippen molar-refractivity contribution >= 4 is 34.9 Å². The van der Waals surface area contributed by atoms with Gasteiger partial charge in [-0.05, 0) is 57.0 Å². The number of halogens is 2. The van der Waals surface area contributed by atoms with Crippen LogP contribution in [0.2, 0.25) is 5.02 Å². The standard InChI is InChI=1S/C24H30ClFN6O3/c1-5-18-21(31-14-16(25)7-9-20(31)30-18)22(33)29-13-15-6-8-19(17(26)12-15)32(27)11-10-28-23(34)35-24(2,3)4/h6-9,12,14H,5,10-11,13,27H2,1-4H3,(H,28,34)(H,29,33). The number of aromatic nitrogens is 2. The van der Waals surface area contributed by atoms with Gasteiger partial charge in [-0.25, -0.2) is 20.0 Å². The fourth-order valence-corrected chi connectivity index (χ4v) is 3.59. The van der Waals surface area contributed by atoms with Crippen LogP contribution in [-0.2, 0) is 17.7 Å². The smallest absolute Gasteiger partial charge is 0.407 e. The summed E-state index contributed by atoms with van der Waals surface area (Å²) in [5.41, 5.74) is 1.77. The molecule has 9 nitrogen and oxygen atoms in total. The Morgan fingerprint density at radius 1 is 1.23 bits per heavy atom. The molecule has 4 N–H and O–H groups in total. The van der Waals surface area contributed by atoms with Crippen molar-refractivity contribution in [3.05, 3.63) is 64.3 Å². The van der Waals surface area contributed by atoms with E-state index in [-0.39, 0.29) is 31.2 Å². The number of aryl methyl sites for hydroxylation is 1. The van der Waals surface area contributed by atoms with Crippen LogP contribution in [0.15, 0.2) is 36.5 Å². The van der Waals surface area contributed by atoms with E-state index in [0.29, 0.717) is 34.0 Å². The first kappa shape index (κ1) is 26.2. The molecule has 0 saturated heterocycles. The molecule has 0 atom stereocenters. The molecule has 0 radical (unpaired) electrons. The van der Waals surface area contributed by atoms with Crippen LogP contribution in [0, 0.1) is 5.82 Å². The average Bonchev–Trinajstić information content (AvgIpc) is 3.14. The van der Waals surface area contributed by atoms with Crippen LogP contribution in [0.5, 0.6) is 0 Å². The molecule has 188 valence electrons. The maximum atomic E-state index is 14.7. The largest absolute Gasteiger partial charge is 0.444 e. The molecule has 0 saturated carbocycles. The number of imidazole rings is 1. The number of pyridine rings is 1. The Balaban J connectivity index is 1.60. The normalized spacial score (nSPS) is 11.4. The highest BCUT2D eigenvalue weighted by Crippen LogP contribution is 2.20. The number of carbonyl (C=O) groups excluding carboxylic acids is 2. The third-order valence-electron chi connectivity index (χ3n) is 5.00. The Morgan fingerprint density at radius 2 is 1.97 bits per heavy atom. The topological polar surface area (TPSA) is 114 Å². The predicted molar refractivity (Wildman–Crippen MR) is 133 cm³/mol. The minimum atomic E-state index is -0.611. The number of amides is 2. The van der Waals surface area contributed by atoms with Gasteiger partial charge in [0, 0.05) is 19.3 Å². The summed E-state index contributed by atoms with van der Waals surface area (Å²) in [5, 5.41) is 7.07. The van der Waals surface area contributed by atoms with Gasteiger partial charge in [-0.15, -0.1) is 0 Å². The van der Waals surface area contributed by atoms with Crippen molar-refractivity contribution in [3.8, 4) is 0 Å². The van der Waals surface area contributed by atoms with Gasteiger partial charge in [0.05, 0.1) is 22.9 Å². The summed E-state index contributed by atoms with van der Waals surface area (Å²) in [7, 11) is 0. The summed E-state index contributed by atoms with van der Waals surface area (Å²) in [5.74, 6) is 5.07. The number of hydrazine groups is 1. The van der Waals surface area contributed by atoms with Crippen molar-refractivity contribution in [2.24, 2.45) is 5.84 Å². The molecule has 0 aliphatic carbocycles. The highest BCUT2D eigenvalue weighted by Gasteiger charge is 2.19. The van der Waals surface area contributed by atoms with Crippen LogP contribution in [0.1, 0.15) is 49.4 Å². The SMILES string of the molecule is CCc1nc2ccc(Cl)cn2c1C(=O)NCc1ccc(N(N)CCNC(=O)OC(C)(C)C)c(F)c1. The molecule has 0 unspecified atom stereocenters. The molecule has 1 aromatic carbocycles. The second kappa shape index (κ2) is 10.9. The highest BCUT2D eigenvalue weighted by atomic mass is 35.5. The van der Waals surface area contributed by atoms with Crippen molar-refractivity contribution in [3.63, 3.8) is 0 Å². The number of rotatable bonds is 8. The molecule has 0 bridgehead atoms. The first-order chi connectivity index (χ1) is 16.5. The first-order valence-electron chi connectivity index (χ1n) is 11.2. The van der Waals surface area contributed by atoms with Crippen molar-refractivity contribution in [1.29, 1.82) is 0 Å². The summed E-state index contributed by atoms with van der Waals surface area (Å²) >= 11 is 6.09. The van der Waals surface area contributed by atoms with Crippen LogP contribution in [0.4, 0.5) is 14.9 Å². The summed E-state index contributed by atoms with van der Waals surface area (Å²) in [6.07, 6.45) is 1.64. The Bertz CT molecular complexity index is 1220. The van der Waals surface area contributed by atoms with Crippen molar-refractivity contribution in [2.45, 2.75) is 46.3 Å². The Labute approximate surface area is 208 Å². The third-order valence-corrected chi connectivity index (χ3v) is 5.22. The van der Waals surface area contributed by atoms with Crippen molar-refractivity contribution < 1.29 is 18.7 Å². The molecule has 2 aromatic heterocycles. The summed E-state index contributed by atoms with van der Waals surface area (Å²) in [6, 6.07) is 7.96. The molecule has 2 heterocycles. The van der Waals surface area contributed by atoms with Crippen LogP contribution < -0.4 is 21.5 Å². The van der Waals surface area contributed by atoms with Gasteiger partial charge in [0.15, 0.2) is 0 Å². The number of nitrogens with zero attached hydrogens (tertiary/aromatic N) is 3. The molecule has 0 aliphatic rings. The monoisotopic (exact) mass is 504 g/mol. The fraction of sp³-hybridized carbons (Fsp3) is 0.375. The van der Waals surface area contributed by atoms with Gasteiger partial charge in [0.1, 0.15) is 22.8 Å². The minimum absolute atomic E-state index is 0.109. The zero-order valence-electron chi connectivity index (χ0n) is 20.2. The maximum Gasteiger partial charge on any atom is 0.407 e. The Hall–Kier alpha value is -3.37. The molecule has 35 heavy (non-hydrogen) atoms. The van der Waals surface area contributed by atoms with Gasteiger partial charge < -0.3 is 20.4 Å². The number of fused-ring (bicyclic) bond motifs is 1. The number of hydrogen-bond acceptors (Lipinski definition) is 6. The van der Waals surface area contributed by atoms with Gasteiger partial charge >= 0.3 is 6.09 Å². The van der Waals surface area contributed by atoms with Crippen molar-refractivity contribution in [1.82, 2.24) is 20.0 Å². The quantitative estimate of drug-likeness (QED) is 0.317. The summed E-state index contributed by atoms with van der Waals surface area (Å²) in [6.45, 7) is 7.65. The number of nitrogens with two attached hydrogens (primary N) is 1. The van der Waals surface area contributed by atoms with Gasteiger partial charge in [0.25, 0.3) is 5.91 Å². The predicted octanol–water partition coefficient (Wildman–Crippen LogP) is 3.82. The molecule has 0 fully saturated rings. The first-order valence-corrected chi connectivity index (χ1v) is 11.6. The summed E-state index contributed by atoms with van der Waals surface area (Å²) in [4.78, 5) is 29.1. The molecule has 0 aliphatic heterocycles. The third kappa shape index (κ3) is 6.83. The molecular weight excluding hydrogens is 475 g/mol. The average molecular weight is 505 g/mol. The van der Waals surface area contributed by atoms with E-state index in [9.17, 15) is 14.0 Å². The Morgan fingerprint density at radius 3 is 2.63 bits per heavy atom. The van der Waals surface area contributed by atoms with E-state index in [1.807, 2.05) is 6.92 Å². The van der Waals surface area contributed by atoms with Gasteiger partial charge in [-0.3, -0.25) is 9.20 Å². The van der Waals surface area contributed by atoms with Crippen LogP contribution in [0.25, 0.3) is 5.65 Å².